The summed E-state index contributed by atoms with van der Waals surface area (Å²) < 4.78 is 3.61. The standard InChI is InChI=1S/C14H11N5O/c1-18-7-6-9-12(18)16-14(17-13(9)20)19-8-15-10-4-2-3-5-11(10)19/h2-8H,1H3,(H,16,17,20). The minimum Gasteiger partial charge on any atom is -0.335 e. The third-order valence-corrected chi connectivity index (χ3v) is 3.40. The molecule has 0 bridgehead atoms. The number of para-hydroxylation sites is 2. The Hall–Kier alpha value is -2.89. The molecule has 0 saturated carbocycles. The van der Waals surface area contributed by atoms with Gasteiger partial charge in [-0.25, -0.2) is 4.98 Å². The van der Waals surface area contributed by atoms with Crippen LogP contribution >= 0.6 is 0 Å². The molecule has 6 heteroatoms. The van der Waals surface area contributed by atoms with Crippen LogP contribution in [0.3, 0.4) is 0 Å². The van der Waals surface area contributed by atoms with Crippen molar-refractivity contribution in [1.82, 2.24) is 24.1 Å². The Labute approximate surface area is 113 Å². The number of aromatic amines is 1. The summed E-state index contributed by atoms with van der Waals surface area (Å²) in [4.78, 5) is 23.7. The minimum atomic E-state index is -0.150. The topological polar surface area (TPSA) is 68.5 Å². The summed E-state index contributed by atoms with van der Waals surface area (Å²) in [6.45, 7) is 0. The van der Waals surface area contributed by atoms with Gasteiger partial charge in [-0.3, -0.25) is 14.3 Å². The molecular formula is C14H11N5O. The monoisotopic (exact) mass is 265 g/mol. The Bertz CT molecular complexity index is 992. The van der Waals surface area contributed by atoms with Crippen molar-refractivity contribution in [3.05, 3.63) is 53.2 Å². The molecule has 1 N–H and O–H groups in total. The molecule has 0 saturated heterocycles. The van der Waals surface area contributed by atoms with E-state index >= 15 is 0 Å². The first-order valence-electron chi connectivity index (χ1n) is 6.22. The van der Waals surface area contributed by atoms with Crippen LogP contribution in [0, 0.1) is 0 Å². The van der Waals surface area contributed by atoms with Crippen LogP contribution in [0.1, 0.15) is 0 Å². The fourth-order valence-electron chi connectivity index (χ4n) is 2.38. The number of nitrogens with zero attached hydrogens (tertiary/aromatic N) is 4. The van der Waals surface area contributed by atoms with Gasteiger partial charge in [0.15, 0.2) is 0 Å². The van der Waals surface area contributed by atoms with Gasteiger partial charge >= 0.3 is 0 Å². The Kier molecular flexibility index (Phi) is 2.09. The van der Waals surface area contributed by atoms with Gasteiger partial charge in [-0.2, -0.15) is 4.98 Å². The van der Waals surface area contributed by atoms with Gasteiger partial charge in [-0.05, 0) is 18.2 Å². The molecule has 0 unspecified atom stereocenters. The smallest absolute Gasteiger partial charge is 0.261 e. The molecule has 3 aromatic heterocycles. The third-order valence-electron chi connectivity index (χ3n) is 3.40. The maximum Gasteiger partial charge on any atom is 0.261 e. The Morgan fingerprint density at radius 2 is 2.05 bits per heavy atom. The zero-order chi connectivity index (χ0) is 13.7. The fourth-order valence-corrected chi connectivity index (χ4v) is 2.38. The molecule has 6 nitrogen and oxygen atoms in total. The Balaban J connectivity index is 2.07. The lowest BCUT2D eigenvalue weighted by atomic mass is 10.3. The molecule has 3 heterocycles. The molecule has 4 aromatic rings. The quantitative estimate of drug-likeness (QED) is 0.568. The van der Waals surface area contributed by atoms with Crippen molar-refractivity contribution < 1.29 is 0 Å². The highest BCUT2D eigenvalue weighted by molar-refractivity contribution is 5.78. The molecular weight excluding hydrogens is 254 g/mol. The van der Waals surface area contributed by atoms with Gasteiger partial charge in [0, 0.05) is 13.2 Å². The SMILES string of the molecule is Cn1ccc2c(=O)[nH]c(-n3cnc4ccccc43)nc21. The number of benzene rings is 1. The lowest BCUT2D eigenvalue weighted by Crippen LogP contribution is -2.13. The van der Waals surface area contributed by atoms with Gasteiger partial charge < -0.3 is 4.57 Å². The lowest BCUT2D eigenvalue weighted by molar-refractivity contribution is 0.904. The first-order valence-corrected chi connectivity index (χ1v) is 6.22. The second-order valence-electron chi connectivity index (χ2n) is 4.66. The van der Waals surface area contributed by atoms with E-state index in [1.165, 1.54) is 0 Å². The van der Waals surface area contributed by atoms with Gasteiger partial charge in [0.1, 0.15) is 12.0 Å². The van der Waals surface area contributed by atoms with Crippen LogP contribution in [0.15, 0.2) is 47.7 Å². The molecule has 20 heavy (non-hydrogen) atoms. The molecule has 4 rings (SSSR count). The predicted octanol–water partition coefficient (Wildman–Crippen LogP) is 1.60. The van der Waals surface area contributed by atoms with E-state index in [9.17, 15) is 4.79 Å². The van der Waals surface area contributed by atoms with E-state index in [0.717, 1.165) is 11.0 Å². The number of aryl methyl sites for hydroxylation is 1. The number of H-pyrrole nitrogens is 1. The third kappa shape index (κ3) is 1.41. The van der Waals surface area contributed by atoms with Gasteiger partial charge in [0.25, 0.3) is 5.56 Å². The van der Waals surface area contributed by atoms with Crippen LogP contribution in [-0.4, -0.2) is 24.1 Å². The summed E-state index contributed by atoms with van der Waals surface area (Å²) >= 11 is 0. The van der Waals surface area contributed by atoms with E-state index < -0.39 is 0 Å². The summed E-state index contributed by atoms with van der Waals surface area (Å²) in [5, 5.41) is 0.584. The van der Waals surface area contributed by atoms with Crippen molar-refractivity contribution in [3.63, 3.8) is 0 Å². The van der Waals surface area contributed by atoms with E-state index in [-0.39, 0.29) is 5.56 Å². The average molecular weight is 265 g/mol. The van der Waals surface area contributed by atoms with E-state index in [1.54, 1.807) is 17.0 Å². The number of imidazole rings is 1. The molecule has 0 atom stereocenters. The van der Waals surface area contributed by atoms with Crippen LogP contribution < -0.4 is 5.56 Å². The summed E-state index contributed by atoms with van der Waals surface area (Å²) in [6, 6.07) is 9.48. The number of fused-ring (bicyclic) bond motifs is 2. The number of hydrogen-bond donors (Lipinski definition) is 1. The minimum absolute atomic E-state index is 0.150. The molecule has 0 spiro atoms. The Morgan fingerprint density at radius 1 is 1.20 bits per heavy atom. The summed E-state index contributed by atoms with van der Waals surface area (Å²) in [5.41, 5.74) is 2.27. The highest BCUT2D eigenvalue weighted by atomic mass is 16.1. The van der Waals surface area contributed by atoms with Gasteiger partial charge in [0.05, 0.1) is 16.4 Å². The second-order valence-corrected chi connectivity index (χ2v) is 4.66. The van der Waals surface area contributed by atoms with Crippen LogP contribution in [0.5, 0.6) is 0 Å². The lowest BCUT2D eigenvalue weighted by Gasteiger charge is -2.04. The summed E-state index contributed by atoms with van der Waals surface area (Å²) in [5.74, 6) is 0.470. The maximum atomic E-state index is 12.1. The number of rotatable bonds is 1. The molecule has 0 fully saturated rings. The number of hydrogen-bond acceptors (Lipinski definition) is 3. The van der Waals surface area contributed by atoms with Crippen molar-refractivity contribution in [2.75, 3.05) is 0 Å². The van der Waals surface area contributed by atoms with Gasteiger partial charge in [0.2, 0.25) is 5.95 Å². The highest BCUT2D eigenvalue weighted by Crippen LogP contribution is 2.16. The molecule has 0 amide bonds. The van der Waals surface area contributed by atoms with Crippen molar-refractivity contribution in [2.45, 2.75) is 0 Å². The van der Waals surface area contributed by atoms with E-state index in [4.69, 9.17) is 0 Å². The first kappa shape index (κ1) is 11.0. The van der Waals surface area contributed by atoms with Crippen LogP contribution in [0.4, 0.5) is 0 Å². The van der Waals surface area contributed by atoms with E-state index in [2.05, 4.69) is 15.0 Å². The largest absolute Gasteiger partial charge is 0.335 e. The molecule has 98 valence electrons. The van der Waals surface area contributed by atoms with Gasteiger partial charge in [-0.1, -0.05) is 12.1 Å². The molecule has 0 aliphatic carbocycles. The van der Waals surface area contributed by atoms with Crippen LogP contribution in [0.25, 0.3) is 28.0 Å². The van der Waals surface area contributed by atoms with Crippen molar-refractivity contribution >= 4 is 22.1 Å². The highest BCUT2D eigenvalue weighted by Gasteiger charge is 2.10. The fraction of sp³-hybridized carbons (Fsp3) is 0.0714. The Morgan fingerprint density at radius 3 is 2.95 bits per heavy atom. The number of aromatic nitrogens is 5. The zero-order valence-corrected chi connectivity index (χ0v) is 10.7. The van der Waals surface area contributed by atoms with Crippen molar-refractivity contribution in [2.24, 2.45) is 7.05 Å². The van der Waals surface area contributed by atoms with Crippen LogP contribution in [0.2, 0.25) is 0 Å². The van der Waals surface area contributed by atoms with E-state index in [1.807, 2.05) is 42.1 Å². The second kappa shape index (κ2) is 3.80. The summed E-state index contributed by atoms with van der Waals surface area (Å²) in [6.07, 6.45) is 3.49. The average Bonchev–Trinajstić information content (AvgIpc) is 3.03. The molecule has 0 aliphatic rings. The molecule has 1 aromatic carbocycles. The summed E-state index contributed by atoms with van der Waals surface area (Å²) in [7, 11) is 1.87. The van der Waals surface area contributed by atoms with Crippen molar-refractivity contribution in [3.8, 4) is 5.95 Å². The zero-order valence-electron chi connectivity index (χ0n) is 10.7. The van der Waals surface area contributed by atoms with Crippen LogP contribution in [-0.2, 0) is 7.05 Å². The predicted molar refractivity (Wildman–Crippen MR) is 76.0 cm³/mol. The van der Waals surface area contributed by atoms with Crippen molar-refractivity contribution in [1.29, 1.82) is 0 Å². The molecule has 0 radical (unpaired) electrons. The first-order chi connectivity index (χ1) is 9.74. The number of nitrogens with one attached hydrogen (secondary N) is 1. The normalized spacial score (nSPS) is 11.4. The van der Waals surface area contributed by atoms with Gasteiger partial charge in [-0.15, -0.1) is 0 Å². The maximum absolute atomic E-state index is 12.1. The molecule has 0 aliphatic heterocycles. The van der Waals surface area contributed by atoms with E-state index in [0.29, 0.717) is 17.0 Å².